The quantitative estimate of drug-likeness (QED) is 0.149. The summed E-state index contributed by atoms with van der Waals surface area (Å²) < 4.78 is 0. The van der Waals surface area contributed by atoms with Gasteiger partial charge in [0.25, 0.3) is 0 Å². The first-order valence-corrected chi connectivity index (χ1v) is 13.7. The Balaban J connectivity index is 1.63. The summed E-state index contributed by atoms with van der Waals surface area (Å²) >= 11 is 0. The molecule has 0 heterocycles. The lowest BCUT2D eigenvalue weighted by molar-refractivity contribution is 0.519. The van der Waals surface area contributed by atoms with Crippen LogP contribution in [0.3, 0.4) is 0 Å². The molecule has 1 aliphatic carbocycles. The van der Waals surface area contributed by atoms with E-state index in [-0.39, 0.29) is 0 Å². The number of hydrogen-bond donors (Lipinski definition) is 0. The molecule has 1 rings (SSSR count). The van der Waals surface area contributed by atoms with Gasteiger partial charge < -0.3 is 0 Å². The maximum atomic E-state index is 3.43. The second kappa shape index (κ2) is 22.2. The average Bonchev–Trinajstić information content (AvgIpc) is 3.25. The summed E-state index contributed by atoms with van der Waals surface area (Å²) in [6.07, 6.45) is 42.4. The molecule has 0 aliphatic heterocycles. The fourth-order valence-electron chi connectivity index (χ4n) is 4.55. The normalized spacial score (nSPS) is 13.3. The van der Waals surface area contributed by atoms with Gasteiger partial charge in [-0.05, 0) is 30.9 Å². The molecule has 0 atom stereocenters. The highest BCUT2D eigenvalue weighted by atomic mass is 14.0. The maximum absolute atomic E-state index is 3.43. The predicted octanol–water partition coefficient (Wildman–Crippen LogP) is 10.7. The molecule has 0 spiro atoms. The van der Waals surface area contributed by atoms with Gasteiger partial charge >= 0.3 is 0 Å². The van der Waals surface area contributed by atoms with Crippen molar-refractivity contribution in [2.45, 2.75) is 161 Å². The van der Waals surface area contributed by atoms with E-state index in [2.05, 4.69) is 25.2 Å². The lowest BCUT2D eigenvalue weighted by atomic mass is 10.0. The van der Waals surface area contributed by atoms with Crippen LogP contribution in [-0.2, 0) is 0 Å². The number of unbranched alkanes of at least 4 members (excludes halogenated alkanes) is 21. The predicted molar refractivity (Wildman–Crippen MR) is 132 cm³/mol. The van der Waals surface area contributed by atoms with Gasteiger partial charge in [-0.2, -0.15) is 0 Å². The van der Waals surface area contributed by atoms with Crippen LogP contribution in [-0.4, -0.2) is 0 Å². The minimum Gasteiger partial charge on any atom is -0.0798 e. The molecule has 0 heteroatoms. The van der Waals surface area contributed by atoms with E-state index in [1.54, 1.807) is 0 Å². The molecule has 1 aliphatic rings. The van der Waals surface area contributed by atoms with Gasteiger partial charge in [-0.1, -0.05) is 154 Å². The third-order valence-corrected chi connectivity index (χ3v) is 6.57. The van der Waals surface area contributed by atoms with Crippen molar-refractivity contribution in [3.8, 4) is 0 Å². The van der Waals surface area contributed by atoms with Crippen LogP contribution in [0.2, 0.25) is 0 Å². The summed E-state index contributed by atoms with van der Waals surface area (Å²) in [6.45, 7) is 2.30. The van der Waals surface area contributed by atoms with Crippen molar-refractivity contribution in [3.05, 3.63) is 23.8 Å². The van der Waals surface area contributed by atoms with E-state index in [0.717, 1.165) is 6.42 Å². The van der Waals surface area contributed by atoms with Crippen molar-refractivity contribution in [3.63, 3.8) is 0 Å². The topological polar surface area (TPSA) is 0 Å². The van der Waals surface area contributed by atoms with Gasteiger partial charge in [0.15, 0.2) is 0 Å². The van der Waals surface area contributed by atoms with E-state index in [9.17, 15) is 0 Å². The van der Waals surface area contributed by atoms with Crippen molar-refractivity contribution in [2.75, 3.05) is 0 Å². The summed E-state index contributed by atoms with van der Waals surface area (Å²) in [5, 5.41) is 0. The Morgan fingerprint density at radius 3 is 1.17 bits per heavy atom. The largest absolute Gasteiger partial charge is 0.0798 e. The highest BCUT2D eigenvalue weighted by Gasteiger charge is 1.99. The molecule has 29 heavy (non-hydrogen) atoms. The van der Waals surface area contributed by atoms with E-state index < -0.39 is 0 Å². The van der Waals surface area contributed by atoms with Crippen LogP contribution in [0.15, 0.2) is 17.7 Å². The van der Waals surface area contributed by atoms with E-state index in [1.807, 2.05) is 0 Å². The Labute approximate surface area is 185 Å². The van der Waals surface area contributed by atoms with Gasteiger partial charge in [-0.25, -0.2) is 0 Å². The van der Waals surface area contributed by atoms with Crippen LogP contribution in [0.4, 0.5) is 0 Å². The van der Waals surface area contributed by atoms with Gasteiger partial charge in [0.1, 0.15) is 0 Å². The van der Waals surface area contributed by atoms with Gasteiger partial charge in [0, 0.05) is 0 Å². The van der Waals surface area contributed by atoms with Crippen LogP contribution in [0, 0.1) is 6.08 Å². The lowest BCUT2D eigenvalue weighted by Crippen LogP contribution is -1.84. The van der Waals surface area contributed by atoms with Crippen molar-refractivity contribution in [1.82, 2.24) is 0 Å². The molecule has 0 fully saturated rings. The van der Waals surface area contributed by atoms with E-state index >= 15 is 0 Å². The van der Waals surface area contributed by atoms with Gasteiger partial charge in [-0.15, -0.1) is 0 Å². The zero-order chi connectivity index (χ0) is 20.7. The van der Waals surface area contributed by atoms with Gasteiger partial charge in [0.05, 0.1) is 0 Å². The van der Waals surface area contributed by atoms with Crippen LogP contribution < -0.4 is 0 Å². The Kier molecular flexibility index (Phi) is 20.3. The van der Waals surface area contributed by atoms with Gasteiger partial charge in [0.2, 0.25) is 0 Å². The Morgan fingerprint density at radius 1 is 0.517 bits per heavy atom. The average molecular weight is 402 g/mol. The first kappa shape index (κ1) is 26.5. The molecule has 0 unspecified atom stereocenters. The minimum atomic E-state index is 1.05. The summed E-state index contributed by atoms with van der Waals surface area (Å²) in [7, 11) is 0. The maximum Gasteiger partial charge on any atom is -0.00885 e. The molecule has 0 saturated carbocycles. The zero-order valence-electron chi connectivity index (χ0n) is 20.1. The Hall–Kier alpha value is -0.520. The van der Waals surface area contributed by atoms with Crippen molar-refractivity contribution in [2.24, 2.45) is 0 Å². The monoisotopic (exact) mass is 401 g/mol. The van der Waals surface area contributed by atoms with E-state index in [1.165, 1.54) is 153 Å². The highest BCUT2D eigenvalue weighted by molar-refractivity contribution is 5.21. The van der Waals surface area contributed by atoms with Crippen molar-refractivity contribution >= 4 is 0 Å². The third kappa shape index (κ3) is 19.2. The molecule has 0 aromatic heterocycles. The third-order valence-electron chi connectivity index (χ3n) is 6.57. The molecule has 0 nitrogen and oxygen atoms in total. The van der Waals surface area contributed by atoms with Crippen LogP contribution in [0.1, 0.15) is 161 Å². The smallest absolute Gasteiger partial charge is 0.00885 e. The highest BCUT2D eigenvalue weighted by Crippen LogP contribution is 2.18. The molecule has 0 N–H and O–H groups in total. The minimum absolute atomic E-state index is 1.05. The molecular formula is C29H53. The molecule has 0 aromatic rings. The zero-order valence-corrected chi connectivity index (χ0v) is 20.1. The summed E-state index contributed by atoms with van der Waals surface area (Å²) in [5.41, 5.74) is 1.46. The molecule has 0 bridgehead atoms. The number of rotatable bonds is 23. The fourth-order valence-corrected chi connectivity index (χ4v) is 4.55. The van der Waals surface area contributed by atoms with Crippen LogP contribution in [0.25, 0.3) is 0 Å². The Morgan fingerprint density at radius 2 is 0.862 bits per heavy atom. The second-order valence-electron chi connectivity index (χ2n) is 9.48. The first-order chi connectivity index (χ1) is 14.4. The number of hydrogen-bond acceptors (Lipinski definition) is 0. The van der Waals surface area contributed by atoms with Crippen molar-refractivity contribution in [1.29, 1.82) is 0 Å². The van der Waals surface area contributed by atoms with E-state index in [0.29, 0.717) is 0 Å². The molecule has 0 saturated heterocycles. The molecule has 169 valence electrons. The first-order valence-electron chi connectivity index (χ1n) is 13.7. The lowest BCUT2D eigenvalue weighted by Gasteiger charge is -2.04. The SMILES string of the molecule is CCCCCCCCCCCCCCCCCCCCCCCCC1=[C]CC=C1. The standard InChI is InChI=1S/C29H53/c1-2-3-4-5-6-7-8-9-10-11-12-13-14-15-16-17-18-19-20-21-22-23-26-29-27-24-25-28-29/h24,27H,2-23,25-26H2,1H3. The van der Waals surface area contributed by atoms with E-state index in [4.69, 9.17) is 0 Å². The fraction of sp³-hybridized carbons (Fsp3) is 0.862. The molecule has 0 amide bonds. The van der Waals surface area contributed by atoms with Crippen LogP contribution in [0.5, 0.6) is 0 Å². The molecular weight excluding hydrogens is 348 g/mol. The van der Waals surface area contributed by atoms with Crippen LogP contribution >= 0.6 is 0 Å². The summed E-state index contributed by atoms with van der Waals surface area (Å²) in [6, 6.07) is 0. The molecule has 0 aromatic carbocycles. The second-order valence-corrected chi connectivity index (χ2v) is 9.48. The summed E-state index contributed by atoms with van der Waals surface area (Å²) in [5.74, 6) is 0. The number of allylic oxidation sites excluding steroid dienone is 4. The van der Waals surface area contributed by atoms with Gasteiger partial charge in [-0.3, -0.25) is 0 Å². The van der Waals surface area contributed by atoms with Crippen molar-refractivity contribution < 1.29 is 0 Å². The molecule has 1 radical (unpaired) electrons. The summed E-state index contributed by atoms with van der Waals surface area (Å²) in [4.78, 5) is 0. The Bertz CT molecular complexity index is 375.